The molecule has 4 saturated heterocycles. The molecule has 214 valence electrons. The molecule has 0 radical (unpaired) electrons. The number of carbonyl (C=O) groups excluding carboxylic acids is 1. The van der Waals surface area contributed by atoms with Crippen molar-refractivity contribution in [2.75, 3.05) is 71.0 Å². The number of hydrogen-bond donors (Lipinski definition) is 1. The number of anilines is 1. The number of piperazine rings is 2. The van der Waals surface area contributed by atoms with Gasteiger partial charge in [0.1, 0.15) is 5.54 Å². The molecule has 0 saturated carbocycles. The minimum Gasteiger partial charge on any atom is -0.383 e. The number of aryl methyl sites for hydroxylation is 1. The summed E-state index contributed by atoms with van der Waals surface area (Å²) in [5.74, 6) is 4.58. The maximum Gasteiger partial charge on any atom is 0.266 e. The Morgan fingerprint density at radius 3 is 2.79 bits per heavy atom. The first-order valence-corrected chi connectivity index (χ1v) is 15.4. The minimum absolute atomic E-state index is 0.0886. The molecular weight excluding hydrogens is 516 g/mol. The lowest BCUT2D eigenvalue weighted by molar-refractivity contribution is -0.205. The zero-order valence-electron chi connectivity index (χ0n) is 23.3. The van der Waals surface area contributed by atoms with E-state index in [2.05, 4.69) is 48.8 Å². The van der Waals surface area contributed by atoms with Crippen molar-refractivity contribution < 1.29 is 19.1 Å². The van der Waals surface area contributed by atoms with Crippen molar-refractivity contribution >= 4 is 28.3 Å². The first-order chi connectivity index (χ1) is 18.9. The summed E-state index contributed by atoms with van der Waals surface area (Å²) in [5.41, 5.74) is 5.11. The summed E-state index contributed by atoms with van der Waals surface area (Å²) in [6.45, 7) is 9.22. The molecule has 0 aromatic heterocycles. The van der Waals surface area contributed by atoms with Crippen molar-refractivity contribution in [1.82, 2.24) is 19.0 Å². The highest BCUT2D eigenvalue weighted by molar-refractivity contribution is 8.10. The number of nitrogens with zero attached hydrogens (tertiary/aromatic N) is 5. The Bertz CT molecular complexity index is 1080. The second-order valence-corrected chi connectivity index (χ2v) is 12.6. The van der Waals surface area contributed by atoms with Crippen molar-refractivity contribution in [1.29, 1.82) is 5.26 Å². The average Bonchev–Trinajstić information content (AvgIpc) is 3.22. The van der Waals surface area contributed by atoms with E-state index in [0.29, 0.717) is 25.3 Å². The number of carbonyl (C=O) groups is 1. The Kier molecular flexibility index (Phi) is 9.23. The SMILES string of the molecule is C=S(N1CCN(c2ccc(C#N)cc2C)CC1)N1C2CCC1(C(=O)NOC1CCCCO1)CN(CCOC)C2. The molecule has 4 aliphatic rings. The molecule has 4 unspecified atom stereocenters. The van der Waals surface area contributed by atoms with E-state index in [9.17, 15) is 10.1 Å². The Hall–Kier alpha value is -2.04. The molecule has 1 N–H and O–H groups in total. The highest BCUT2D eigenvalue weighted by Gasteiger charge is 2.57. The molecule has 4 heterocycles. The molecule has 4 aliphatic heterocycles. The number of likely N-dealkylation sites (tertiary alicyclic amines) is 1. The molecule has 1 amide bonds. The van der Waals surface area contributed by atoms with Crippen LogP contribution in [0, 0.1) is 18.3 Å². The topological polar surface area (TPSA) is 93.5 Å². The summed E-state index contributed by atoms with van der Waals surface area (Å²) in [5, 5.41) is 9.22. The number of hydrogen-bond acceptors (Lipinski definition) is 9. The summed E-state index contributed by atoms with van der Waals surface area (Å²) in [6, 6.07) is 8.39. The van der Waals surface area contributed by atoms with Gasteiger partial charge in [0.15, 0.2) is 6.29 Å². The van der Waals surface area contributed by atoms with Gasteiger partial charge in [-0.25, -0.2) is 18.9 Å². The Balaban J connectivity index is 1.28. The van der Waals surface area contributed by atoms with E-state index in [4.69, 9.17) is 14.3 Å². The van der Waals surface area contributed by atoms with Crippen LogP contribution in [0.5, 0.6) is 0 Å². The monoisotopic (exact) mass is 558 g/mol. The third kappa shape index (κ3) is 6.03. The maximum absolute atomic E-state index is 13.9. The first kappa shape index (κ1) is 28.5. The van der Waals surface area contributed by atoms with Crippen LogP contribution in [-0.2, 0) is 19.1 Å². The van der Waals surface area contributed by atoms with Crippen LogP contribution in [-0.4, -0.2) is 109 Å². The molecule has 2 bridgehead atoms. The van der Waals surface area contributed by atoms with E-state index in [1.54, 1.807) is 7.11 Å². The number of fused-ring (bicyclic) bond motifs is 2. The Morgan fingerprint density at radius 2 is 2.10 bits per heavy atom. The van der Waals surface area contributed by atoms with E-state index >= 15 is 0 Å². The first-order valence-electron chi connectivity index (χ1n) is 14.1. The van der Waals surface area contributed by atoms with E-state index < -0.39 is 16.4 Å². The summed E-state index contributed by atoms with van der Waals surface area (Å²) in [4.78, 5) is 24.4. The van der Waals surface area contributed by atoms with Gasteiger partial charge < -0.3 is 14.4 Å². The molecule has 39 heavy (non-hydrogen) atoms. The van der Waals surface area contributed by atoms with Gasteiger partial charge in [-0.05, 0) is 62.2 Å². The number of ether oxygens (including phenoxy) is 2. The molecule has 10 nitrogen and oxygen atoms in total. The van der Waals surface area contributed by atoms with Gasteiger partial charge >= 0.3 is 0 Å². The molecule has 1 aromatic carbocycles. The molecule has 1 aromatic rings. The van der Waals surface area contributed by atoms with Crippen molar-refractivity contribution in [3.63, 3.8) is 0 Å². The highest BCUT2D eigenvalue weighted by Crippen LogP contribution is 2.47. The lowest BCUT2D eigenvalue weighted by Crippen LogP contribution is -2.67. The fourth-order valence-electron chi connectivity index (χ4n) is 6.44. The van der Waals surface area contributed by atoms with Gasteiger partial charge in [-0.1, -0.05) is 10.9 Å². The van der Waals surface area contributed by atoms with Gasteiger partial charge in [0, 0.05) is 77.7 Å². The van der Waals surface area contributed by atoms with Crippen LogP contribution in [0.4, 0.5) is 5.69 Å². The van der Waals surface area contributed by atoms with Gasteiger partial charge in [0.05, 0.1) is 18.2 Å². The van der Waals surface area contributed by atoms with E-state index in [1.807, 2.05) is 12.1 Å². The summed E-state index contributed by atoms with van der Waals surface area (Å²) in [6.07, 6.45) is 4.23. The normalized spacial score (nSPS) is 29.2. The number of nitrogens with one attached hydrogen (secondary N) is 1. The van der Waals surface area contributed by atoms with Crippen LogP contribution in [0.25, 0.3) is 0 Å². The molecule has 0 spiro atoms. The van der Waals surface area contributed by atoms with Crippen molar-refractivity contribution in [3.05, 3.63) is 29.3 Å². The number of hydroxylamine groups is 1. The second kappa shape index (κ2) is 12.6. The minimum atomic E-state index is -0.697. The van der Waals surface area contributed by atoms with Gasteiger partial charge in [-0.15, -0.1) is 0 Å². The number of nitriles is 1. The van der Waals surface area contributed by atoms with Crippen LogP contribution >= 0.6 is 10.9 Å². The second-order valence-electron chi connectivity index (χ2n) is 11.0. The fraction of sp³-hybridized carbons (Fsp3) is 0.679. The lowest BCUT2D eigenvalue weighted by Gasteiger charge is -2.51. The third-order valence-electron chi connectivity index (χ3n) is 8.48. The molecule has 4 atom stereocenters. The van der Waals surface area contributed by atoms with E-state index in [0.717, 1.165) is 76.9 Å². The number of rotatable bonds is 9. The van der Waals surface area contributed by atoms with Crippen LogP contribution in [0.2, 0.25) is 0 Å². The van der Waals surface area contributed by atoms with Crippen molar-refractivity contribution in [3.8, 4) is 6.07 Å². The zero-order valence-corrected chi connectivity index (χ0v) is 24.1. The number of methoxy groups -OCH3 is 1. The van der Waals surface area contributed by atoms with Gasteiger partial charge in [0.2, 0.25) is 0 Å². The fourth-order valence-corrected chi connectivity index (χ4v) is 8.43. The predicted molar refractivity (Wildman–Crippen MR) is 153 cm³/mol. The van der Waals surface area contributed by atoms with Crippen LogP contribution in [0.15, 0.2) is 18.2 Å². The third-order valence-corrected chi connectivity index (χ3v) is 10.5. The average molecular weight is 559 g/mol. The predicted octanol–water partition coefficient (Wildman–Crippen LogP) is 2.26. The van der Waals surface area contributed by atoms with E-state index in [-0.39, 0.29) is 18.2 Å². The smallest absolute Gasteiger partial charge is 0.266 e. The maximum atomic E-state index is 13.9. The molecule has 11 heteroatoms. The molecule has 5 rings (SSSR count). The standard InChI is InChI=1S/C28H42N6O4S/c1-22-18-23(19-29)7-8-25(22)32-11-13-33(14-12-32)39(3)34-24-9-10-28(34,21-31(20-24)15-17-36-2)27(35)30-38-26-6-4-5-16-37-26/h7-8,18,24,26H,3-6,9-17,20-21H2,1-2H3,(H,30,35). The summed E-state index contributed by atoms with van der Waals surface area (Å²) >= 11 is 0. The lowest BCUT2D eigenvalue weighted by atomic mass is 9.96. The van der Waals surface area contributed by atoms with E-state index in [1.165, 1.54) is 5.69 Å². The summed E-state index contributed by atoms with van der Waals surface area (Å²) in [7, 11) is 1.25. The van der Waals surface area contributed by atoms with Crippen LogP contribution in [0.1, 0.15) is 43.2 Å². The highest BCUT2D eigenvalue weighted by atomic mass is 32.2. The molecule has 4 fully saturated rings. The number of benzene rings is 1. The molecule has 0 aliphatic carbocycles. The quantitative estimate of drug-likeness (QED) is 0.362. The van der Waals surface area contributed by atoms with Gasteiger partial charge in [-0.3, -0.25) is 9.69 Å². The van der Waals surface area contributed by atoms with Gasteiger partial charge in [0.25, 0.3) is 5.91 Å². The Labute approximate surface area is 234 Å². The van der Waals surface area contributed by atoms with Gasteiger partial charge in [-0.2, -0.15) is 5.26 Å². The van der Waals surface area contributed by atoms with Crippen LogP contribution < -0.4 is 10.4 Å². The zero-order chi connectivity index (χ0) is 27.4. The van der Waals surface area contributed by atoms with Crippen molar-refractivity contribution in [2.24, 2.45) is 0 Å². The Morgan fingerprint density at radius 1 is 1.28 bits per heavy atom. The largest absolute Gasteiger partial charge is 0.383 e. The van der Waals surface area contributed by atoms with Crippen LogP contribution in [0.3, 0.4) is 0 Å². The summed E-state index contributed by atoms with van der Waals surface area (Å²) < 4.78 is 15.9. The molecular formula is C28H42N6O4S. The van der Waals surface area contributed by atoms with Crippen molar-refractivity contribution in [2.45, 2.75) is 56.9 Å². The number of amides is 1.